The highest BCUT2D eigenvalue weighted by atomic mass is 14.8. The van der Waals surface area contributed by atoms with Crippen molar-refractivity contribution in [3.8, 4) is 45.3 Å². The summed E-state index contributed by atoms with van der Waals surface area (Å²) in [6.45, 7) is 0. The maximum absolute atomic E-state index is 5.33. The molecule has 0 aliphatic carbocycles. The zero-order valence-electron chi connectivity index (χ0n) is 29.0. The van der Waals surface area contributed by atoms with Gasteiger partial charge in [-0.25, -0.2) is 19.9 Å². The first-order valence-corrected chi connectivity index (χ1v) is 18.1. The summed E-state index contributed by atoms with van der Waals surface area (Å²) in [5.41, 5.74) is 9.59. The van der Waals surface area contributed by atoms with E-state index in [0.29, 0.717) is 0 Å². The summed E-state index contributed by atoms with van der Waals surface area (Å²) in [4.78, 5) is 25.6. The molecule has 5 heteroatoms. The number of aromatic nitrogens is 5. The van der Waals surface area contributed by atoms with Crippen LogP contribution in [-0.4, -0.2) is 24.9 Å². The molecule has 5 aromatic heterocycles. The Bertz CT molecular complexity index is 3280. The number of pyridine rings is 5. The topological polar surface area (TPSA) is 64.5 Å². The SMILES string of the molecule is c1ccc(-c2cc3ccc(-c4cc5cc6ccccc6cc5cn4)nc3c3nc(-c4cccc(-c5ccc6cc7ccccc7cc6n5)n4)ccc23)cc1. The minimum atomic E-state index is 0.769. The third kappa shape index (κ3) is 5.13. The van der Waals surface area contributed by atoms with Gasteiger partial charge in [-0.05, 0) is 111 Å². The van der Waals surface area contributed by atoms with Crippen LogP contribution in [0.4, 0.5) is 0 Å². The van der Waals surface area contributed by atoms with Crippen LogP contribution in [-0.2, 0) is 0 Å². The third-order valence-electron chi connectivity index (χ3n) is 10.4. The molecule has 0 spiro atoms. The van der Waals surface area contributed by atoms with Gasteiger partial charge in [-0.3, -0.25) is 4.98 Å². The lowest BCUT2D eigenvalue weighted by Gasteiger charge is -2.13. The quantitative estimate of drug-likeness (QED) is 0.136. The molecular formula is C49H29N5. The Balaban J connectivity index is 1.06. The second-order valence-electron chi connectivity index (χ2n) is 13.8. The third-order valence-corrected chi connectivity index (χ3v) is 10.4. The molecule has 0 saturated carbocycles. The fourth-order valence-corrected chi connectivity index (χ4v) is 7.66. The minimum Gasteiger partial charge on any atom is -0.254 e. The van der Waals surface area contributed by atoms with E-state index < -0.39 is 0 Å². The molecule has 0 radical (unpaired) electrons. The fourth-order valence-electron chi connectivity index (χ4n) is 7.66. The van der Waals surface area contributed by atoms with E-state index in [4.69, 9.17) is 24.9 Å². The second kappa shape index (κ2) is 12.1. The van der Waals surface area contributed by atoms with Gasteiger partial charge in [-0.2, -0.15) is 0 Å². The average molecular weight is 688 g/mol. The normalized spacial score (nSPS) is 11.7. The standard InChI is InChI=1S/C49H29N5/c1-2-9-30(10-3-1)40-26-36-18-21-45(47-28-37-24-32-12-4-5-13-33(32)25-38(37)29-50-47)53-48(36)49-39(40)19-22-44(54-49)42-16-8-15-41(51-42)43-20-17-35-23-31-11-6-7-14-34(31)27-46(35)52-43/h1-29H. The van der Waals surface area contributed by atoms with E-state index in [1.807, 2.05) is 36.5 Å². The molecule has 0 aliphatic rings. The zero-order valence-corrected chi connectivity index (χ0v) is 29.0. The Kier molecular flexibility index (Phi) is 6.79. The second-order valence-corrected chi connectivity index (χ2v) is 13.8. The molecule has 0 bridgehead atoms. The Morgan fingerprint density at radius 2 is 0.870 bits per heavy atom. The van der Waals surface area contributed by atoms with Crippen molar-refractivity contribution in [2.45, 2.75) is 0 Å². The van der Waals surface area contributed by atoms with Crippen LogP contribution in [0.5, 0.6) is 0 Å². The van der Waals surface area contributed by atoms with Crippen molar-refractivity contribution in [3.05, 3.63) is 176 Å². The van der Waals surface area contributed by atoms with Gasteiger partial charge >= 0.3 is 0 Å². The summed E-state index contributed by atoms with van der Waals surface area (Å²) in [6, 6.07) is 59.0. The summed E-state index contributed by atoms with van der Waals surface area (Å²) in [6.07, 6.45) is 1.95. The number of hydrogen-bond donors (Lipinski definition) is 0. The molecule has 11 aromatic rings. The van der Waals surface area contributed by atoms with Crippen LogP contribution in [0.1, 0.15) is 0 Å². The van der Waals surface area contributed by atoms with Crippen LogP contribution in [0, 0.1) is 0 Å². The largest absolute Gasteiger partial charge is 0.254 e. The van der Waals surface area contributed by atoms with Crippen LogP contribution in [0.2, 0.25) is 0 Å². The van der Waals surface area contributed by atoms with E-state index in [0.717, 1.165) is 88.8 Å². The van der Waals surface area contributed by atoms with Gasteiger partial charge < -0.3 is 0 Å². The molecule has 54 heavy (non-hydrogen) atoms. The zero-order chi connectivity index (χ0) is 35.6. The van der Waals surface area contributed by atoms with Crippen molar-refractivity contribution < 1.29 is 0 Å². The van der Waals surface area contributed by atoms with Gasteiger partial charge in [0.25, 0.3) is 0 Å². The predicted octanol–water partition coefficient (Wildman–Crippen LogP) is 12.2. The Morgan fingerprint density at radius 3 is 1.63 bits per heavy atom. The molecule has 0 N–H and O–H groups in total. The number of nitrogens with zero attached hydrogens (tertiary/aromatic N) is 5. The monoisotopic (exact) mass is 687 g/mol. The lowest BCUT2D eigenvalue weighted by molar-refractivity contribution is 1.25. The smallest absolute Gasteiger partial charge is 0.0979 e. The van der Waals surface area contributed by atoms with Crippen LogP contribution in [0.3, 0.4) is 0 Å². The van der Waals surface area contributed by atoms with Crippen LogP contribution >= 0.6 is 0 Å². The first-order chi connectivity index (χ1) is 26.7. The fraction of sp³-hybridized carbons (Fsp3) is 0. The summed E-state index contributed by atoms with van der Waals surface area (Å²) in [5, 5.41) is 10.1. The molecule has 0 fully saturated rings. The van der Waals surface area contributed by atoms with Gasteiger partial charge in [-0.1, -0.05) is 97.1 Å². The molecule has 0 aliphatic heterocycles. The summed E-state index contributed by atoms with van der Waals surface area (Å²) < 4.78 is 0. The van der Waals surface area contributed by atoms with Crippen molar-refractivity contribution in [2.24, 2.45) is 0 Å². The molecule has 0 saturated heterocycles. The van der Waals surface area contributed by atoms with E-state index in [1.54, 1.807) is 0 Å². The molecule has 0 amide bonds. The van der Waals surface area contributed by atoms with Crippen LogP contribution < -0.4 is 0 Å². The highest BCUT2D eigenvalue weighted by molar-refractivity contribution is 6.11. The lowest BCUT2D eigenvalue weighted by atomic mass is 9.97. The van der Waals surface area contributed by atoms with E-state index in [9.17, 15) is 0 Å². The van der Waals surface area contributed by atoms with Crippen LogP contribution in [0.25, 0.3) is 110 Å². The Labute approximate surface area is 310 Å². The highest BCUT2D eigenvalue weighted by Gasteiger charge is 2.16. The van der Waals surface area contributed by atoms with Gasteiger partial charge in [0.2, 0.25) is 0 Å². The molecular weight excluding hydrogens is 659 g/mol. The van der Waals surface area contributed by atoms with E-state index in [1.165, 1.54) is 21.5 Å². The molecule has 5 heterocycles. The first kappa shape index (κ1) is 30.3. The molecule has 11 rings (SSSR count). The van der Waals surface area contributed by atoms with E-state index >= 15 is 0 Å². The van der Waals surface area contributed by atoms with Gasteiger partial charge in [0.05, 0.1) is 50.7 Å². The van der Waals surface area contributed by atoms with Crippen molar-refractivity contribution in [1.29, 1.82) is 0 Å². The van der Waals surface area contributed by atoms with Crippen LogP contribution in [0.15, 0.2) is 176 Å². The number of rotatable bonds is 4. The van der Waals surface area contributed by atoms with Crippen molar-refractivity contribution >= 4 is 65.0 Å². The van der Waals surface area contributed by atoms with Gasteiger partial charge in [0.15, 0.2) is 0 Å². The lowest BCUT2D eigenvalue weighted by Crippen LogP contribution is -1.96. The molecule has 0 atom stereocenters. The number of fused-ring (bicyclic) bond motifs is 7. The molecule has 0 unspecified atom stereocenters. The highest BCUT2D eigenvalue weighted by Crippen LogP contribution is 2.36. The van der Waals surface area contributed by atoms with E-state index in [2.05, 4.69) is 140 Å². The van der Waals surface area contributed by atoms with E-state index in [-0.39, 0.29) is 0 Å². The summed E-state index contributed by atoms with van der Waals surface area (Å²) >= 11 is 0. The molecule has 250 valence electrons. The summed E-state index contributed by atoms with van der Waals surface area (Å²) in [5.74, 6) is 0. The predicted molar refractivity (Wildman–Crippen MR) is 222 cm³/mol. The Hall–Kier alpha value is -7.37. The Morgan fingerprint density at radius 1 is 0.296 bits per heavy atom. The maximum atomic E-state index is 5.33. The number of benzene rings is 6. The van der Waals surface area contributed by atoms with Gasteiger partial charge in [0, 0.05) is 27.7 Å². The van der Waals surface area contributed by atoms with Gasteiger partial charge in [0.1, 0.15) is 0 Å². The van der Waals surface area contributed by atoms with Crippen molar-refractivity contribution in [1.82, 2.24) is 24.9 Å². The molecule has 6 aromatic carbocycles. The maximum Gasteiger partial charge on any atom is 0.0979 e. The van der Waals surface area contributed by atoms with Gasteiger partial charge in [-0.15, -0.1) is 0 Å². The average Bonchev–Trinajstić information content (AvgIpc) is 3.24. The minimum absolute atomic E-state index is 0.769. The molecule has 5 nitrogen and oxygen atoms in total. The van der Waals surface area contributed by atoms with Crippen molar-refractivity contribution in [3.63, 3.8) is 0 Å². The summed E-state index contributed by atoms with van der Waals surface area (Å²) in [7, 11) is 0. The van der Waals surface area contributed by atoms with Crippen molar-refractivity contribution in [2.75, 3.05) is 0 Å². The first-order valence-electron chi connectivity index (χ1n) is 18.1. The number of hydrogen-bond acceptors (Lipinski definition) is 5.